The second-order valence-electron chi connectivity index (χ2n) is 6.90. The topological polar surface area (TPSA) is 26.3 Å². The van der Waals surface area contributed by atoms with Crippen molar-refractivity contribution in [1.82, 2.24) is 0 Å². The van der Waals surface area contributed by atoms with Gasteiger partial charge in [0.15, 0.2) is 0 Å². The number of esters is 1. The molecule has 0 radical (unpaired) electrons. The van der Waals surface area contributed by atoms with Gasteiger partial charge in [-0.3, -0.25) is 4.79 Å². The number of rotatable bonds is 16. The smallest absolute Gasteiger partial charge is 0.305 e. The molecule has 0 fully saturated rings. The molecule has 1 atom stereocenters. The molecule has 2 nitrogen and oxygen atoms in total. The molecule has 0 N–H and O–H groups in total. The zero-order chi connectivity index (χ0) is 19.3. The molecule has 0 amide bonds. The predicted molar refractivity (Wildman–Crippen MR) is 114 cm³/mol. The third-order valence-electron chi connectivity index (χ3n) is 4.30. The van der Waals surface area contributed by atoms with Gasteiger partial charge in [0.25, 0.3) is 0 Å². The third-order valence-corrected chi connectivity index (χ3v) is 4.30. The van der Waals surface area contributed by atoms with Crippen molar-refractivity contribution in [2.45, 2.75) is 84.5 Å². The molecule has 26 heavy (non-hydrogen) atoms. The minimum Gasteiger partial charge on any atom is -0.469 e. The number of carbonyl (C=O) groups is 1. The van der Waals surface area contributed by atoms with Gasteiger partial charge in [-0.05, 0) is 44.4 Å². The highest BCUT2D eigenvalue weighted by atomic mass is 16.5. The molecular formula is C24H40O2. The summed E-state index contributed by atoms with van der Waals surface area (Å²) in [6, 6.07) is 0. The van der Waals surface area contributed by atoms with Gasteiger partial charge in [-0.2, -0.15) is 0 Å². The van der Waals surface area contributed by atoms with E-state index in [1.807, 2.05) is 0 Å². The van der Waals surface area contributed by atoms with Crippen LogP contribution in [0.15, 0.2) is 48.6 Å². The van der Waals surface area contributed by atoms with Crippen molar-refractivity contribution < 1.29 is 9.53 Å². The van der Waals surface area contributed by atoms with Crippen LogP contribution in [0.1, 0.15) is 84.5 Å². The van der Waals surface area contributed by atoms with Gasteiger partial charge in [-0.15, -0.1) is 0 Å². The van der Waals surface area contributed by atoms with Crippen LogP contribution in [0.3, 0.4) is 0 Å². The van der Waals surface area contributed by atoms with Crippen molar-refractivity contribution in [3.05, 3.63) is 48.6 Å². The summed E-state index contributed by atoms with van der Waals surface area (Å²) < 4.78 is 4.61. The minimum atomic E-state index is -0.124. The normalized spacial score (nSPS) is 13.5. The quantitative estimate of drug-likeness (QED) is 0.164. The molecule has 0 heterocycles. The van der Waals surface area contributed by atoms with Gasteiger partial charge >= 0.3 is 5.97 Å². The Morgan fingerprint density at radius 3 is 2.00 bits per heavy atom. The predicted octanol–water partition coefficient (Wildman–Crippen LogP) is 7.33. The van der Waals surface area contributed by atoms with Crippen LogP contribution < -0.4 is 0 Å². The van der Waals surface area contributed by atoms with Gasteiger partial charge in [0.05, 0.1) is 7.11 Å². The van der Waals surface area contributed by atoms with Gasteiger partial charge < -0.3 is 4.74 Å². The van der Waals surface area contributed by atoms with Crippen molar-refractivity contribution in [2.75, 3.05) is 7.11 Å². The first kappa shape index (κ1) is 24.4. The molecule has 0 saturated carbocycles. The first-order valence-corrected chi connectivity index (χ1v) is 10.4. The summed E-state index contributed by atoms with van der Waals surface area (Å²) >= 11 is 0. The lowest BCUT2D eigenvalue weighted by Crippen LogP contribution is -1.98. The zero-order valence-corrected chi connectivity index (χ0v) is 17.3. The standard InChI is InChI=1S/C24H40O2/c1-4-5-17-20-23(2)21-18-15-13-11-9-7-6-8-10-12-14-16-19-22-24(25)26-3/h6,8-9,11-12,14-15,18,23H,4-5,7,10,13,16-17,19-22H2,1-3H3/b8-6-,11-9-,14-12-,18-15-. The first-order chi connectivity index (χ1) is 12.7. The molecule has 0 rings (SSSR count). The average molecular weight is 361 g/mol. The Morgan fingerprint density at radius 1 is 0.846 bits per heavy atom. The van der Waals surface area contributed by atoms with Crippen LogP contribution in [0.25, 0.3) is 0 Å². The van der Waals surface area contributed by atoms with Crippen LogP contribution in [0.5, 0.6) is 0 Å². The average Bonchev–Trinajstić information content (AvgIpc) is 2.64. The van der Waals surface area contributed by atoms with Gasteiger partial charge in [0.2, 0.25) is 0 Å². The van der Waals surface area contributed by atoms with E-state index in [2.05, 4.69) is 67.2 Å². The first-order valence-electron chi connectivity index (χ1n) is 10.4. The maximum atomic E-state index is 10.9. The maximum absolute atomic E-state index is 10.9. The molecule has 0 aromatic heterocycles. The van der Waals surface area contributed by atoms with Crippen molar-refractivity contribution in [3.63, 3.8) is 0 Å². The highest BCUT2D eigenvalue weighted by Gasteiger charge is 1.98. The van der Waals surface area contributed by atoms with Crippen molar-refractivity contribution in [1.29, 1.82) is 0 Å². The van der Waals surface area contributed by atoms with Crippen molar-refractivity contribution in [2.24, 2.45) is 5.92 Å². The summed E-state index contributed by atoms with van der Waals surface area (Å²) in [7, 11) is 1.43. The number of carbonyl (C=O) groups excluding carboxylic acids is 1. The summed E-state index contributed by atoms with van der Waals surface area (Å²) in [5, 5.41) is 0. The largest absolute Gasteiger partial charge is 0.469 e. The Morgan fingerprint density at radius 2 is 1.42 bits per heavy atom. The molecule has 1 unspecified atom stereocenters. The molecule has 0 aromatic carbocycles. The second kappa shape index (κ2) is 19.8. The van der Waals surface area contributed by atoms with E-state index in [1.54, 1.807) is 0 Å². The molecule has 0 aromatic rings. The molecule has 0 aliphatic heterocycles. The summed E-state index contributed by atoms with van der Waals surface area (Å²) in [6.45, 7) is 4.62. The van der Waals surface area contributed by atoms with E-state index >= 15 is 0 Å². The fourth-order valence-electron chi connectivity index (χ4n) is 2.59. The Hall–Kier alpha value is -1.57. The Labute approximate surface area is 162 Å². The number of methoxy groups -OCH3 is 1. The van der Waals surface area contributed by atoms with E-state index in [-0.39, 0.29) is 5.97 Å². The Kier molecular flexibility index (Phi) is 18.6. The van der Waals surface area contributed by atoms with Crippen LogP contribution in [-0.4, -0.2) is 13.1 Å². The van der Waals surface area contributed by atoms with Crippen LogP contribution in [0.2, 0.25) is 0 Å². The highest BCUT2D eigenvalue weighted by molar-refractivity contribution is 5.69. The van der Waals surface area contributed by atoms with E-state index in [0.29, 0.717) is 6.42 Å². The number of unbranched alkanes of at least 4 members (excludes halogenated alkanes) is 3. The second-order valence-corrected chi connectivity index (χ2v) is 6.90. The molecule has 2 heteroatoms. The van der Waals surface area contributed by atoms with Crippen LogP contribution in [-0.2, 0) is 9.53 Å². The van der Waals surface area contributed by atoms with Gasteiger partial charge in [0, 0.05) is 6.42 Å². The minimum absolute atomic E-state index is 0.124. The summed E-state index contributed by atoms with van der Waals surface area (Å²) in [5.41, 5.74) is 0. The maximum Gasteiger partial charge on any atom is 0.305 e. The fourth-order valence-corrected chi connectivity index (χ4v) is 2.59. The molecule has 0 aliphatic carbocycles. The number of hydrogen-bond donors (Lipinski definition) is 0. The van der Waals surface area contributed by atoms with Gasteiger partial charge in [-0.1, -0.05) is 88.1 Å². The lowest BCUT2D eigenvalue weighted by molar-refractivity contribution is -0.140. The summed E-state index contributed by atoms with van der Waals surface area (Å²) in [6.07, 6.45) is 29.7. The fraction of sp³-hybridized carbons (Fsp3) is 0.625. The molecule has 0 saturated heterocycles. The van der Waals surface area contributed by atoms with Crippen LogP contribution in [0.4, 0.5) is 0 Å². The lowest BCUT2D eigenvalue weighted by Gasteiger charge is -2.06. The number of ether oxygens (including phenoxy) is 1. The van der Waals surface area contributed by atoms with E-state index in [4.69, 9.17) is 0 Å². The lowest BCUT2D eigenvalue weighted by atomic mass is 10.00. The zero-order valence-electron chi connectivity index (χ0n) is 17.3. The van der Waals surface area contributed by atoms with Crippen LogP contribution in [0, 0.1) is 5.92 Å². The summed E-state index contributed by atoms with van der Waals surface area (Å²) in [5.74, 6) is 0.694. The van der Waals surface area contributed by atoms with E-state index in [0.717, 1.165) is 38.0 Å². The molecule has 0 aliphatic rings. The number of hydrogen-bond acceptors (Lipinski definition) is 2. The molecule has 0 spiro atoms. The van der Waals surface area contributed by atoms with E-state index in [9.17, 15) is 4.79 Å². The highest BCUT2D eigenvalue weighted by Crippen LogP contribution is 2.13. The van der Waals surface area contributed by atoms with E-state index in [1.165, 1.54) is 39.2 Å². The Balaban J connectivity index is 3.52. The van der Waals surface area contributed by atoms with Crippen molar-refractivity contribution in [3.8, 4) is 0 Å². The van der Waals surface area contributed by atoms with Gasteiger partial charge in [-0.25, -0.2) is 0 Å². The van der Waals surface area contributed by atoms with Gasteiger partial charge in [0.1, 0.15) is 0 Å². The van der Waals surface area contributed by atoms with E-state index < -0.39 is 0 Å². The number of allylic oxidation sites excluding steroid dienone is 8. The monoisotopic (exact) mass is 360 g/mol. The molecule has 0 bridgehead atoms. The van der Waals surface area contributed by atoms with Crippen molar-refractivity contribution >= 4 is 5.97 Å². The Bertz CT molecular complexity index is 429. The molecule has 148 valence electrons. The molecular weight excluding hydrogens is 320 g/mol. The third kappa shape index (κ3) is 18.8. The van der Waals surface area contributed by atoms with Crippen LogP contribution >= 0.6 is 0 Å². The SMILES string of the molecule is CCCCCC(C)C/C=C\C/C=C\C/C=C\C/C=C\CCCC(=O)OC. The summed E-state index contributed by atoms with van der Waals surface area (Å²) in [4.78, 5) is 10.9.